The minimum Gasteiger partial charge on any atom is -0.326 e. The summed E-state index contributed by atoms with van der Waals surface area (Å²) in [5.74, 6) is -1.61. The molecule has 0 aromatic heterocycles. The number of aryl methyl sites for hydroxylation is 2. The zero-order valence-electron chi connectivity index (χ0n) is 12.4. The second-order valence-electron chi connectivity index (χ2n) is 5.04. The Labute approximate surface area is 123 Å². The predicted molar refractivity (Wildman–Crippen MR) is 82.1 cm³/mol. The summed E-state index contributed by atoms with van der Waals surface area (Å²) in [4.78, 5) is 1.60. The Bertz CT molecular complexity index is 640. The third kappa shape index (κ3) is 3.10. The average Bonchev–Trinajstić information content (AvgIpc) is 2.38. The molecule has 0 saturated carbocycles. The maximum absolute atomic E-state index is 13.9. The third-order valence-electron chi connectivity index (χ3n) is 3.30. The molecule has 2 aromatic carbocycles. The van der Waals surface area contributed by atoms with Gasteiger partial charge in [-0.05, 0) is 56.2 Å². The molecule has 2 rings (SSSR count). The minimum atomic E-state index is -0.720. The van der Waals surface area contributed by atoms with E-state index in [1.807, 2.05) is 39.0 Å². The van der Waals surface area contributed by atoms with Crippen LogP contribution in [0.2, 0.25) is 0 Å². The predicted octanol–water partition coefficient (Wildman–Crippen LogP) is 4.43. The van der Waals surface area contributed by atoms with E-state index in [4.69, 9.17) is 5.41 Å². The fourth-order valence-electron chi connectivity index (χ4n) is 2.44. The minimum absolute atomic E-state index is 0.168. The number of nitrogens with zero attached hydrogens (tertiary/aromatic N) is 1. The molecule has 4 heteroatoms. The van der Waals surface area contributed by atoms with E-state index in [0.717, 1.165) is 16.8 Å². The van der Waals surface area contributed by atoms with Gasteiger partial charge in [0.1, 0.15) is 17.5 Å². The lowest BCUT2D eigenvalue weighted by molar-refractivity contribution is 0.578. The third-order valence-corrected chi connectivity index (χ3v) is 3.30. The highest BCUT2D eigenvalue weighted by atomic mass is 19.1. The van der Waals surface area contributed by atoms with Gasteiger partial charge in [0.25, 0.3) is 0 Å². The van der Waals surface area contributed by atoms with E-state index in [0.29, 0.717) is 6.54 Å². The van der Waals surface area contributed by atoms with Crippen molar-refractivity contribution in [3.8, 4) is 0 Å². The number of rotatable bonds is 3. The van der Waals surface area contributed by atoms with Crippen LogP contribution in [-0.2, 0) is 0 Å². The van der Waals surface area contributed by atoms with Crippen LogP contribution in [0.25, 0.3) is 0 Å². The summed E-state index contributed by atoms with van der Waals surface area (Å²) in [7, 11) is 0. The first-order valence-electron chi connectivity index (χ1n) is 6.82. The molecule has 0 fully saturated rings. The summed E-state index contributed by atoms with van der Waals surface area (Å²) in [5, 5.41) is 8.19. The number of anilines is 1. The summed E-state index contributed by atoms with van der Waals surface area (Å²) >= 11 is 0. The Hall–Kier alpha value is -2.23. The van der Waals surface area contributed by atoms with E-state index < -0.39 is 11.6 Å². The highest BCUT2D eigenvalue weighted by molar-refractivity contribution is 6.08. The summed E-state index contributed by atoms with van der Waals surface area (Å²) in [6.45, 7) is 6.22. The molecular weight excluding hydrogens is 270 g/mol. The molecular formula is C17H18F2N2. The standard InChI is InChI=1S/C17H18F2N2/c1-4-21(13-9-11(2)8-12(3)10-13)17(20)16-14(18)6-5-7-15(16)19/h5-10,20H,4H2,1-3H3. The van der Waals surface area contributed by atoms with E-state index in [1.54, 1.807) is 4.90 Å². The first-order chi connectivity index (χ1) is 9.93. The maximum Gasteiger partial charge on any atom is 0.138 e. The van der Waals surface area contributed by atoms with E-state index in [9.17, 15) is 8.78 Å². The molecule has 110 valence electrons. The molecule has 1 N–H and O–H groups in total. The lowest BCUT2D eigenvalue weighted by Gasteiger charge is -2.25. The lowest BCUT2D eigenvalue weighted by atomic mass is 10.1. The van der Waals surface area contributed by atoms with E-state index in [-0.39, 0.29) is 11.4 Å². The van der Waals surface area contributed by atoms with Crippen molar-refractivity contribution in [1.82, 2.24) is 0 Å². The van der Waals surface area contributed by atoms with Crippen LogP contribution in [0.1, 0.15) is 23.6 Å². The zero-order chi connectivity index (χ0) is 15.6. The highest BCUT2D eigenvalue weighted by Gasteiger charge is 2.20. The van der Waals surface area contributed by atoms with Crippen LogP contribution in [0.5, 0.6) is 0 Å². The van der Waals surface area contributed by atoms with Crippen molar-refractivity contribution < 1.29 is 8.78 Å². The fourth-order valence-corrected chi connectivity index (χ4v) is 2.44. The van der Waals surface area contributed by atoms with Crippen molar-refractivity contribution in [3.05, 3.63) is 64.7 Å². The van der Waals surface area contributed by atoms with Crippen molar-refractivity contribution >= 4 is 11.5 Å². The van der Waals surface area contributed by atoms with Crippen LogP contribution in [0.3, 0.4) is 0 Å². The van der Waals surface area contributed by atoms with Gasteiger partial charge in [-0.15, -0.1) is 0 Å². The van der Waals surface area contributed by atoms with Crippen LogP contribution in [0.15, 0.2) is 36.4 Å². The highest BCUT2D eigenvalue weighted by Crippen LogP contribution is 2.23. The topological polar surface area (TPSA) is 27.1 Å². The van der Waals surface area contributed by atoms with E-state index in [1.165, 1.54) is 18.2 Å². The molecule has 2 aromatic rings. The van der Waals surface area contributed by atoms with Gasteiger partial charge in [0.2, 0.25) is 0 Å². The van der Waals surface area contributed by atoms with Gasteiger partial charge in [0.15, 0.2) is 0 Å². The number of nitrogens with one attached hydrogen (secondary N) is 1. The number of amidine groups is 1. The quantitative estimate of drug-likeness (QED) is 0.656. The molecule has 0 bridgehead atoms. The molecule has 0 aliphatic carbocycles. The van der Waals surface area contributed by atoms with Gasteiger partial charge in [-0.1, -0.05) is 12.1 Å². The number of benzene rings is 2. The van der Waals surface area contributed by atoms with Gasteiger partial charge in [-0.3, -0.25) is 5.41 Å². The van der Waals surface area contributed by atoms with E-state index >= 15 is 0 Å². The van der Waals surface area contributed by atoms with Crippen molar-refractivity contribution in [3.63, 3.8) is 0 Å². The summed E-state index contributed by atoms with van der Waals surface area (Å²) in [6, 6.07) is 9.47. The van der Waals surface area contributed by atoms with Crippen LogP contribution >= 0.6 is 0 Å². The van der Waals surface area contributed by atoms with Crippen molar-refractivity contribution in [2.24, 2.45) is 0 Å². The smallest absolute Gasteiger partial charge is 0.138 e. The second kappa shape index (κ2) is 6.04. The molecule has 0 amide bonds. The Morgan fingerprint density at radius 1 is 1.05 bits per heavy atom. The van der Waals surface area contributed by atoms with Crippen LogP contribution in [-0.4, -0.2) is 12.4 Å². The first-order valence-corrected chi connectivity index (χ1v) is 6.82. The fraction of sp³-hybridized carbons (Fsp3) is 0.235. The molecule has 0 unspecified atom stereocenters. The number of hydrogen-bond donors (Lipinski definition) is 1. The van der Waals surface area contributed by atoms with Gasteiger partial charge in [0.05, 0.1) is 5.56 Å². The monoisotopic (exact) mass is 288 g/mol. The molecule has 0 spiro atoms. The van der Waals surface area contributed by atoms with Crippen molar-refractivity contribution in [2.45, 2.75) is 20.8 Å². The van der Waals surface area contributed by atoms with Gasteiger partial charge >= 0.3 is 0 Å². The van der Waals surface area contributed by atoms with Gasteiger partial charge in [-0.2, -0.15) is 0 Å². The first kappa shape index (κ1) is 15.2. The Kier molecular flexibility index (Phi) is 4.36. The Morgan fingerprint density at radius 2 is 1.57 bits per heavy atom. The molecule has 21 heavy (non-hydrogen) atoms. The molecule has 0 heterocycles. The second-order valence-corrected chi connectivity index (χ2v) is 5.04. The number of hydrogen-bond acceptors (Lipinski definition) is 1. The van der Waals surface area contributed by atoms with Crippen molar-refractivity contribution in [1.29, 1.82) is 5.41 Å². The van der Waals surface area contributed by atoms with E-state index in [2.05, 4.69) is 0 Å². The molecule has 0 saturated heterocycles. The largest absolute Gasteiger partial charge is 0.326 e. The molecule has 0 atom stereocenters. The Balaban J connectivity index is 2.48. The summed E-state index contributed by atoms with van der Waals surface area (Å²) in [5.41, 5.74) is 2.57. The SMILES string of the molecule is CCN(C(=N)c1c(F)cccc1F)c1cc(C)cc(C)c1. The van der Waals surface area contributed by atoms with Crippen LogP contribution in [0, 0.1) is 30.9 Å². The molecule has 0 aliphatic rings. The lowest BCUT2D eigenvalue weighted by Crippen LogP contribution is -2.32. The molecule has 2 nitrogen and oxygen atoms in total. The molecule has 0 radical (unpaired) electrons. The summed E-state index contributed by atoms with van der Waals surface area (Å²) in [6.07, 6.45) is 0. The van der Waals surface area contributed by atoms with Gasteiger partial charge in [0, 0.05) is 12.2 Å². The normalized spacial score (nSPS) is 10.5. The summed E-state index contributed by atoms with van der Waals surface area (Å²) < 4.78 is 27.7. The van der Waals surface area contributed by atoms with Crippen molar-refractivity contribution in [2.75, 3.05) is 11.4 Å². The van der Waals surface area contributed by atoms with Crippen LogP contribution < -0.4 is 4.90 Å². The van der Waals surface area contributed by atoms with Crippen LogP contribution in [0.4, 0.5) is 14.5 Å². The average molecular weight is 288 g/mol. The zero-order valence-corrected chi connectivity index (χ0v) is 12.4. The van der Waals surface area contributed by atoms with Gasteiger partial charge < -0.3 is 4.90 Å². The number of halogens is 2. The maximum atomic E-state index is 13.9. The molecule has 0 aliphatic heterocycles. The Morgan fingerprint density at radius 3 is 2.05 bits per heavy atom. The van der Waals surface area contributed by atoms with Gasteiger partial charge in [-0.25, -0.2) is 8.78 Å².